The third kappa shape index (κ3) is 2.26. The Morgan fingerprint density at radius 3 is 2.94 bits per heavy atom. The Hall–Kier alpha value is -1.73. The molecular formula is C12H9FN2S. The maximum atomic E-state index is 13.5. The number of nitrogens with zero attached hydrogens (tertiary/aromatic N) is 2. The van der Waals surface area contributed by atoms with Gasteiger partial charge in [0.2, 0.25) is 0 Å². The topological polar surface area (TPSA) is 36.7 Å². The number of rotatable bonds is 3. The van der Waals surface area contributed by atoms with E-state index in [-0.39, 0.29) is 5.82 Å². The van der Waals surface area contributed by atoms with E-state index in [1.807, 2.05) is 5.38 Å². The summed E-state index contributed by atoms with van der Waals surface area (Å²) < 4.78 is 13.5. The SMILES string of the molecule is N#CCCc1csc(-c2ccccc2F)n1. The second-order valence-electron chi connectivity index (χ2n) is 3.28. The van der Waals surface area contributed by atoms with E-state index >= 15 is 0 Å². The fraction of sp³-hybridized carbons (Fsp3) is 0.167. The van der Waals surface area contributed by atoms with Gasteiger partial charge >= 0.3 is 0 Å². The summed E-state index contributed by atoms with van der Waals surface area (Å²) in [5.41, 5.74) is 1.38. The molecule has 1 heterocycles. The molecule has 2 aromatic rings. The Bertz CT molecular complexity index is 528. The zero-order valence-electron chi connectivity index (χ0n) is 8.48. The van der Waals surface area contributed by atoms with Crippen molar-refractivity contribution < 1.29 is 4.39 Å². The van der Waals surface area contributed by atoms with Crippen LogP contribution in [0.3, 0.4) is 0 Å². The van der Waals surface area contributed by atoms with Crippen molar-refractivity contribution in [1.82, 2.24) is 4.98 Å². The van der Waals surface area contributed by atoms with Crippen molar-refractivity contribution in [3.63, 3.8) is 0 Å². The summed E-state index contributed by atoms with van der Waals surface area (Å²) in [6, 6.07) is 8.64. The Labute approximate surface area is 97.0 Å². The van der Waals surface area contributed by atoms with Crippen molar-refractivity contribution in [3.05, 3.63) is 41.2 Å². The zero-order valence-corrected chi connectivity index (χ0v) is 9.30. The Morgan fingerprint density at radius 2 is 2.19 bits per heavy atom. The summed E-state index contributed by atoms with van der Waals surface area (Å²) in [6.07, 6.45) is 1.07. The van der Waals surface area contributed by atoms with Gasteiger partial charge in [-0.05, 0) is 12.1 Å². The molecule has 16 heavy (non-hydrogen) atoms. The van der Waals surface area contributed by atoms with E-state index in [1.54, 1.807) is 18.2 Å². The van der Waals surface area contributed by atoms with Crippen molar-refractivity contribution in [2.24, 2.45) is 0 Å². The quantitative estimate of drug-likeness (QED) is 0.813. The van der Waals surface area contributed by atoms with E-state index in [2.05, 4.69) is 11.1 Å². The van der Waals surface area contributed by atoms with Crippen molar-refractivity contribution >= 4 is 11.3 Å². The number of thiazole rings is 1. The predicted molar refractivity (Wildman–Crippen MR) is 61.4 cm³/mol. The average Bonchev–Trinajstić information content (AvgIpc) is 2.75. The summed E-state index contributed by atoms with van der Waals surface area (Å²) in [6.45, 7) is 0. The minimum atomic E-state index is -0.260. The Balaban J connectivity index is 2.26. The van der Waals surface area contributed by atoms with Crippen LogP contribution in [0.25, 0.3) is 10.6 Å². The first-order valence-corrected chi connectivity index (χ1v) is 5.75. The van der Waals surface area contributed by atoms with Crippen LogP contribution in [0.5, 0.6) is 0 Å². The van der Waals surface area contributed by atoms with Gasteiger partial charge in [0.1, 0.15) is 10.8 Å². The van der Waals surface area contributed by atoms with Gasteiger partial charge in [-0.2, -0.15) is 5.26 Å². The molecule has 0 spiro atoms. The maximum absolute atomic E-state index is 13.5. The molecule has 0 saturated carbocycles. The number of aryl methyl sites for hydroxylation is 1. The lowest BCUT2D eigenvalue weighted by atomic mass is 10.2. The number of hydrogen-bond donors (Lipinski definition) is 0. The number of hydrogen-bond acceptors (Lipinski definition) is 3. The minimum Gasteiger partial charge on any atom is -0.241 e. The van der Waals surface area contributed by atoms with E-state index in [0.717, 1.165) is 5.69 Å². The summed E-state index contributed by atoms with van der Waals surface area (Å²) in [5.74, 6) is -0.260. The summed E-state index contributed by atoms with van der Waals surface area (Å²) in [4.78, 5) is 4.31. The lowest BCUT2D eigenvalue weighted by molar-refractivity contribution is 0.631. The normalized spacial score (nSPS) is 10.0. The second kappa shape index (κ2) is 4.86. The molecule has 0 atom stereocenters. The number of aromatic nitrogens is 1. The van der Waals surface area contributed by atoms with Gasteiger partial charge in [0.15, 0.2) is 0 Å². The predicted octanol–water partition coefficient (Wildman–Crippen LogP) is 3.41. The van der Waals surface area contributed by atoms with Gasteiger partial charge in [0.25, 0.3) is 0 Å². The molecule has 0 fully saturated rings. The first-order chi connectivity index (χ1) is 7.81. The van der Waals surface area contributed by atoms with E-state index in [1.165, 1.54) is 17.4 Å². The smallest absolute Gasteiger partial charge is 0.133 e. The van der Waals surface area contributed by atoms with E-state index in [4.69, 9.17) is 5.26 Å². The number of nitriles is 1. The first-order valence-electron chi connectivity index (χ1n) is 4.87. The molecule has 0 aliphatic rings. The highest BCUT2D eigenvalue weighted by Crippen LogP contribution is 2.26. The van der Waals surface area contributed by atoms with Crippen molar-refractivity contribution in [2.75, 3.05) is 0 Å². The van der Waals surface area contributed by atoms with E-state index in [9.17, 15) is 4.39 Å². The highest BCUT2D eigenvalue weighted by Gasteiger charge is 2.08. The average molecular weight is 232 g/mol. The molecule has 80 valence electrons. The highest BCUT2D eigenvalue weighted by molar-refractivity contribution is 7.13. The standard InChI is InChI=1S/C12H9FN2S/c13-11-6-2-1-5-10(11)12-15-9(8-16-12)4-3-7-14/h1-2,5-6,8H,3-4H2. The van der Waals surface area contributed by atoms with Crippen LogP contribution in [-0.4, -0.2) is 4.98 Å². The maximum Gasteiger partial charge on any atom is 0.133 e. The molecule has 0 unspecified atom stereocenters. The second-order valence-corrected chi connectivity index (χ2v) is 4.14. The van der Waals surface area contributed by atoms with Gasteiger partial charge in [0, 0.05) is 23.8 Å². The third-order valence-electron chi connectivity index (χ3n) is 2.15. The van der Waals surface area contributed by atoms with Gasteiger partial charge in [-0.3, -0.25) is 0 Å². The molecule has 1 aromatic carbocycles. The van der Waals surface area contributed by atoms with Gasteiger partial charge in [-0.1, -0.05) is 12.1 Å². The largest absolute Gasteiger partial charge is 0.241 e. The summed E-state index contributed by atoms with van der Waals surface area (Å²) in [5, 5.41) is 11.0. The Morgan fingerprint density at radius 1 is 1.38 bits per heavy atom. The van der Waals surface area contributed by atoms with Crippen LogP contribution in [-0.2, 0) is 6.42 Å². The molecular weight excluding hydrogens is 223 g/mol. The van der Waals surface area contributed by atoms with Crippen LogP contribution in [0.15, 0.2) is 29.6 Å². The molecule has 1 aromatic heterocycles. The molecule has 2 rings (SSSR count). The van der Waals surface area contributed by atoms with Crippen molar-refractivity contribution in [2.45, 2.75) is 12.8 Å². The molecule has 0 N–H and O–H groups in total. The van der Waals surface area contributed by atoms with Crippen LogP contribution < -0.4 is 0 Å². The molecule has 0 bridgehead atoms. The third-order valence-corrected chi connectivity index (χ3v) is 3.07. The lowest BCUT2D eigenvalue weighted by Crippen LogP contribution is -1.86. The van der Waals surface area contributed by atoms with Gasteiger partial charge < -0.3 is 0 Å². The van der Waals surface area contributed by atoms with Crippen molar-refractivity contribution in [3.8, 4) is 16.6 Å². The van der Waals surface area contributed by atoms with E-state index < -0.39 is 0 Å². The van der Waals surface area contributed by atoms with Crippen LogP contribution in [0.2, 0.25) is 0 Å². The fourth-order valence-corrected chi connectivity index (χ4v) is 2.24. The molecule has 2 nitrogen and oxygen atoms in total. The van der Waals surface area contributed by atoms with Crippen molar-refractivity contribution in [1.29, 1.82) is 5.26 Å². The van der Waals surface area contributed by atoms with Crippen LogP contribution >= 0.6 is 11.3 Å². The zero-order chi connectivity index (χ0) is 11.4. The number of benzene rings is 1. The molecule has 0 saturated heterocycles. The molecule has 0 radical (unpaired) electrons. The van der Waals surface area contributed by atoms with Gasteiger partial charge in [-0.25, -0.2) is 9.37 Å². The molecule has 0 aliphatic carbocycles. The summed E-state index contributed by atoms with van der Waals surface area (Å²) in [7, 11) is 0. The molecule has 4 heteroatoms. The monoisotopic (exact) mass is 232 g/mol. The van der Waals surface area contributed by atoms with Crippen LogP contribution in [0.4, 0.5) is 4.39 Å². The van der Waals surface area contributed by atoms with Crippen LogP contribution in [0, 0.1) is 17.1 Å². The molecule has 0 amide bonds. The minimum absolute atomic E-state index is 0.260. The number of halogens is 1. The lowest BCUT2D eigenvalue weighted by Gasteiger charge is -1.96. The Kier molecular flexibility index (Phi) is 3.28. The highest BCUT2D eigenvalue weighted by atomic mass is 32.1. The summed E-state index contributed by atoms with van der Waals surface area (Å²) >= 11 is 1.41. The van der Waals surface area contributed by atoms with Gasteiger partial charge in [-0.15, -0.1) is 11.3 Å². The van der Waals surface area contributed by atoms with Crippen LogP contribution in [0.1, 0.15) is 12.1 Å². The molecule has 0 aliphatic heterocycles. The first kappa shape index (κ1) is 10.8. The van der Waals surface area contributed by atoms with Gasteiger partial charge in [0.05, 0.1) is 11.8 Å². The fourth-order valence-electron chi connectivity index (χ4n) is 1.36. The van der Waals surface area contributed by atoms with E-state index in [0.29, 0.717) is 23.4 Å².